The second-order valence-corrected chi connectivity index (χ2v) is 7.49. The van der Waals surface area contributed by atoms with E-state index in [9.17, 15) is 0 Å². The minimum Gasteiger partial charge on any atom is -0.358 e. The van der Waals surface area contributed by atoms with Crippen molar-refractivity contribution in [1.29, 1.82) is 0 Å². The fourth-order valence-corrected chi connectivity index (χ4v) is 3.05. The number of anilines is 3. The van der Waals surface area contributed by atoms with Gasteiger partial charge in [0.15, 0.2) is 11.6 Å². The maximum Gasteiger partial charge on any atom is 0.164 e. The van der Waals surface area contributed by atoms with E-state index in [0.29, 0.717) is 0 Å². The first-order valence-electron chi connectivity index (χ1n) is 9.44. The van der Waals surface area contributed by atoms with Gasteiger partial charge in [0.05, 0.1) is 0 Å². The molecule has 0 atom stereocenters. The van der Waals surface area contributed by atoms with Crippen molar-refractivity contribution in [3.05, 3.63) is 47.2 Å². The van der Waals surface area contributed by atoms with Crippen molar-refractivity contribution in [3.63, 3.8) is 0 Å². The lowest BCUT2D eigenvalue weighted by molar-refractivity contribution is 0.416. The highest BCUT2D eigenvalue weighted by Gasteiger charge is 2.14. The molecule has 0 saturated heterocycles. The molecule has 28 heavy (non-hydrogen) atoms. The first-order valence-corrected chi connectivity index (χ1v) is 9.44. The first kappa shape index (κ1) is 19.8. The van der Waals surface area contributed by atoms with Gasteiger partial charge in [-0.2, -0.15) is 5.10 Å². The van der Waals surface area contributed by atoms with E-state index in [1.54, 1.807) is 0 Å². The van der Waals surface area contributed by atoms with Crippen molar-refractivity contribution in [2.45, 2.75) is 20.8 Å². The van der Waals surface area contributed by atoms with E-state index >= 15 is 0 Å². The monoisotopic (exact) mass is 381 g/mol. The quantitative estimate of drug-likeness (QED) is 0.649. The molecule has 0 aliphatic rings. The third kappa shape index (κ3) is 4.67. The van der Waals surface area contributed by atoms with Gasteiger partial charge >= 0.3 is 0 Å². The number of nitrogens with zero attached hydrogens (tertiary/aromatic N) is 5. The number of hydrogen-bond donors (Lipinski definition) is 2. The molecule has 0 aliphatic carbocycles. The van der Waals surface area contributed by atoms with Crippen molar-refractivity contribution in [2.24, 2.45) is 0 Å². The molecule has 1 aromatic carbocycles. The van der Waals surface area contributed by atoms with Gasteiger partial charge in [-0.1, -0.05) is 18.2 Å². The molecule has 0 saturated carbocycles. The van der Waals surface area contributed by atoms with Crippen molar-refractivity contribution in [2.75, 3.05) is 44.4 Å². The Morgan fingerprint density at radius 2 is 1.68 bits per heavy atom. The second-order valence-electron chi connectivity index (χ2n) is 7.49. The summed E-state index contributed by atoms with van der Waals surface area (Å²) in [4.78, 5) is 14.0. The summed E-state index contributed by atoms with van der Waals surface area (Å²) in [5.41, 5.74) is 4.39. The average Bonchev–Trinajstić information content (AvgIpc) is 3.04. The molecular weight excluding hydrogens is 350 g/mol. The Bertz CT molecular complexity index is 932. The van der Waals surface area contributed by atoms with Gasteiger partial charge in [0.2, 0.25) is 0 Å². The summed E-state index contributed by atoms with van der Waals surface area (Å²) in [6, 6.07) is 10.2. The van der Waals surface area contributed by atoms with E-state index < -0.39 is 0 Å². The molecule has 2 N–H and O–H groups in total. The number of aromatic nitrogens is 4. The van der Waals surface area contributed by atoms with Gasteiger partial charge in [0.1, 0.15) is 11.6 Å². The van der Waals surface area contributed by atoms with Crippen LogP contribution in [-0.4, -0.2) is 59.3 Å². The SMILES string of the molecule is Cc1cc(Nc2cc(N(C)CCN(C)C)nc(-c3c(C)cccc3C)n2)n[nH]1.[HH]. The van der Waals surface area contributed by atoms with Crippen molar-refractivity contribution in [1.82, 2.24) is 25.1 Å². The molecule has 0 spiro atoms. The van der Waals surface area contributed by atoms with Crippen LogP contribution >= 0.6 is 0 Å². The van der Waals surface area contributed by atoms with Crippen LogP contribution in [0.25, 0.3) is 11.4 Å². The van der Waals surface area contributed by atoms with E-state index in [1.807, 2.05) is 19.1 Å². The maximum atomic E-state index is 4.88. The second kappa shape index (κ2) is 8.39. The summed E-state index contributed by atoms with van der Waals surface area (Å²) in [6.45, 7) is 7.98. The van der Waals surface area contributed by atoms with Crippen molar-refractivity contribution < 1.29 is 1.43 Å². The van der Waals surface area contributed by atoms with Gasteiger partial charge in [0.25, 0.3) is 0 Å². The lowest BCUT2D eigenvalue weighted by Crippen LogP contribution is -2.29. The summed E-state index contributed by atoms with van der Waals surface area (Å²) < 4.78 is 0. The number of benzene rings is 1. The molecule has 3 rings (SSSR count). The molecule has 0 amide bonds. The van der Waals surface area contributed by atoms with Crippen LogP contribution in [0.2, 0.25) is 0 Å². The van der Waals surface area contributed by atoms with Gasteiger partial charge < -0.3 is 15.1 Å². The zero-order valence-electron chi connectivity index (χ0n) is 17.5. The standard InChI is InChI=1S/C21H29N7.H2/c1-14-8-7-9-15(2)20(14)21-23-17(22-18-12-16(3)25-26-18)13-19(24-21)28(6)11-10-27(4)5;/h7-9,12-13H,10-11H2,1-6H3,(H2,22,23,24,25,26);1H. The highest BCUT2D eigenvalue weighted by Crippen LogP contribution is 2.28. The molecule has 7 nitrogen and oxygen atoms in total. The average molecular weight is 382 g/mol. The summed E-state index contributed by atoms with van der Waals surface area (Å²) in [5.74, 6) is 3.07. The van der Waals surface area contributed by atoms with E-state index in [-0.39, 0.29) is 1.43 Å². The van der Waals surface area contributed by atoms with Gasteiger partial charge in [-0.05, 0) is 46.0 Å². The van der Waals surface area contributed by atoms with E-state index in [2.05, 4.69) is 78.5 Å². The third-order valence-corrected chi connectivity index (χ3v) is 4.65. The predicted molar refractivity (Wildman–Crippen MR) is 117 cm³/mol. The predicted octanol–water partition coefficient (Wildman–Crippen LogP) is 3.78. The molecular formula is C21H31N7. The molecule has 2 aromatic heterocycles. The Morgan fingerprint density at radius 1 is 0.964 bits per heavy atom. The van der Waals surface area contributed by atoms with Crippen molar-refractivity contribution in [3.8, 4) is 11.4 Å². The van der Waals surface area contributed by atoms with Crippen LogP contribution < -0.4 is 10.2 Å². The zero-order chi connectivity index (χ0) is 20.3. The largest absolute Gasteiger partial charge is 0.358 e. The van der Waals surface area contributed by atoms with Gasteiger partial charge in [-0.15, -0.1) is 0 Å². The number of H-pyrrole nitrogens is 1. The fourth-order valence-electron chi connectivity index (χ4n) is 3.05. The fraction of sp³-hybridized carbons (Fsp3) is 0.381. The van der Waals surface area contributed by atoms with Crippen LogP contribution in [0.1, 0.15) is 18.2 Å². The summed E-state index contributed by atoms with van der Waals surface area (Å²) in [6.07, 6.45) is 0. The minimum atomic E-state index is 0. The van der Waals surface area contributed by atoms with Crippen LogP contribution in [-0.2, 0) is 0 Å². The Morgan fingerprint density at radius 3 is 2.29 bits per heavy atom. The molecule has 0 radical (unpaired) electrons. The lowest BCUT2D eigenvalue weighted by Gasteiger charge is -2.22. The number of likely N-dealkylation sites (N-methyl/N-ethyl adjacent to an activating group) is 2. The Labute approximate surface area is 168 Å². The number of rotatable bonds is 7. The molecule has 0 bridgehead atoms. The van der Waals surface area contributed by atoms with E-state index in [0.717, 1.165) is 58.8 Å². The summed E-state index contributed by atoms with van der Waals surface area (Å²) >= 11 is 0. The molecule has 0 unspecified atom stereocenters. The topological polar surface area (TPSA) is 73.0 Å². The number of aromatic amines is 1. The zero-order valence-corrected chi connectivity index (χ0v) is 17.5. The Kier molecular flexibility index (Phi) is 5.94. The highest BCUT2D eigenvalue weighted by molar-refractivity contribution is 5.69. The molecule has 2 heterocycles. The molecule has 0 fully saturated rings. The van der Waals surface area contributed by atoms with E-state index in [1.165, 1.54) is 0 Å². The summed E-state index contributed by atoms with van der Waals surface area (Å²) in [5, 5.41) is 10.5. The van der Waals surface area contributed by atoms with Crippen LogP contribution in [0.5, 0.6) is 0 Å². The molecule has 150 valence electrons. The number of hydrogen-bond acceptors (Lipinski definition) is 6. The molecule has 7 heteroatoms. The minimum absolute atomic E-state index is 0. The van der Waals surface area contributed by atoms with Crippen LogP contribution in [0, 0.1) is 20.8 Å². The molecule has 0 aliphatic heterocycles. The van der Waals surface area contributed by atoms with Gasteiger partial charge in [-0.25, -0.2) is 9.97 Å². The van der Waals surface area contributed by atoms with Gasteiger partial charge in [-0.3, -0.25) is 5.10 Å². The Balaban J connectivity index is 0.00000300. The third-order valence-electron chi connectivity index (χ3n) is 4.65. The van der Waals surface area contributed by atoms with Crippen LogP contribution in [0.15, 0.2) is 30.3 Å². The first-order chi connectivity index (χ1) is 13.3. The van der Waals surface area contributed by atoms with Crippen LogP contribution in [0.3, 0.4) is 0 Å². The number of aryl methyl sites for hydroxylation is 3. The Hall–Kier alpha value is -2.93. The smallest absolute Gasteiger partial charge is 0.164 e. The van der Waals surface area contributed by atoms with Crippen LogP contribution in [0.4, 0.5) is 17.5 Å². The normalized spacial score (nSPS) is 11.1. The van der Waals surface area contributed by atoms with E-state index in [4.69, 9.17) is 9.97 Å². The van der Waals surface area contributed by atoms with Gasteiger partial charge in [0, 0.05) is 45.0 Å². The van der Waals surface area contributed by atoms with Crippen molar-refractivity contribution >= 4 is 17.5 Å². The number of nitrogens with one attached hydrogen (secondary N) is 2. The molecule has 3 aromatic rings. The maximum absolute atomic E-state index is 4.88. The summed E-state index contributed by atoms with van der Waals surface area (Å²) in [7, 11) is 6.20. The highest BCUT2D eigenvalue weighted by atomic mass is 15.2. The lowest BCUT2D eigenvalue weighted by atomic mass is 10.0.